The van der Waals surface area contributed by atoms with E-state index in [2.05, 4.69) is 32.9 Å². The monoisotopic (exact) mass is 342 g/mol. The molecule has 25 heavy (non-hydrogen) atoms. The molecule has 0 aliphatic carbocycles. The number of carbonyl (C=O) groups excluding carboxylic acids is 1. The van der Waals surface area contributed by atoms with Gasteiger partial charge < -0.3 is 14.2 Å². The smallest absolute Gasteiger partial charge is 0.344 e. The average molecular weight is 342 g/mol. The lowest BCUT2D eigenvalue weighted by Crippen LogP contribution is -2.15. The first kappa shape index (κ1) is 18.8. The topological polar surface area (TPSA) is 44.8 Å². The Morgan fingerprint density at radius 2 is 1.52 bits per heavy atom. The third-order valence-electron chi connectivity index (χ3n) is 3.71. The largest absolute Gasteiger partial charge is 0.490 e. The lowest BCUT2D eigenvalue weighted by Gasteiger charge is -2.19. The van der Waals surface area contributed by atoms with Gasteiger partial charge in [0.15, 0.2) is 18.1 Å². The van der Waals surface area contributed by atoms with Crippen molar-refractivity contribution in [3.63, 3.8) is 0 Å². The summed E-state index contributed by atoms with van der Waals surface area (Å²) in [5.74, 6) is 0.748. The normalized spacial score (nSPS) is 11.0. The Morgan fingerprint density at radius 1 is 0.920 bits per heavy atom. The number of hydrogen-bond acceptors (Lipinski definition) is 4. The average Bonchev–Trinajstić information content (AvgIpc) is 2.59. The molecular weight excluding hydrogens is 316 g/mol. The van der Waals surface area contributed by atoms with Crippen molar-refractivity contribution in [3.8, 4) is 11.5 Å². The van der Waals surface area contributed by atoms with E-state index in [0.717, 1.165) is 5.56 Å². The zero-order valence-electron chi connectivity index (χ0n) is 15.4. The number of hydrogen-bond donors (Lipinski definition) is 0. The zero-order chi connectivity index (χ0) is 18.3. The van der Waals surface area contributed by atoms with Gasteiger partial charge in [0.25, 0.3) is 0 Å². The van der Waals surface area contributed by atoms with Crippen LogP contribution in [-0.2, 0) is 21.6 Å². The van der Waals surface area contributed by atoms with E-state index < -0.39 is 5.97 Å². The van der Waals surface area contributed by atoms with Crippen LogP contribution in [0.25, 0.3) is 0 Å². The van der Waals surface area contributed by atoms with Gasteiger partial charge in [0.2, 0.25) is 0 Å². The van der Waals surface area contributed by atoms with Gasteiger partial charge in [0, 0.05) is 0 Å². The Balaban J connectivity index is 1.83. The van der Waals surface area contributed by atoms with Crippen LogP contribution in [-0.4, -0.2) is 19.2 Å². The molecule has 0 N–H and O–H groups in total. The van der Waals surface area contributed by atoms with Crippen molar-refractivity contribution in [1.29, 1.82) is 0 Å². The van der Waals surface area contributed by atoms with Gasteiger partial charge in [-0.2, -0.15) is 0 Å². The third kappa shape index (κ3) is 5.82. The molecule has 0 aliphatic heterocycles. The Labute approximate surface area is 149 Å². The van der Waals surface area contributed by atoms with E-state index in [-0.39, 0.29) is 18.6 Å². The van der Waals surface area contributed by atoms with E-state index in [1.807, 2.05) is 31.2 Å². The summed E-state index contributed by atoms with van der Waals surface area (Å²) in [6.45, 7) is 9.02. The molecule has 2 aromatic rings. The summed E-state index contributed by atoms with van der Waals surface area (Å²) in [6, 6.07) is 15.4. The number of para-hydroxylation sites is 2. The van der Waals surface area contributed by atoms with Crippen molar-refractivity contribution in [2.75, 3.05) is 13.2 Å². The van der Waals surface area contributed by atoms with Crippen molar-refractivity contribution in [3.05, 3.63) is 59.7 Å². The second-order valence-corrected chi connectivity index (χ2v) is 6.78. The summed E-state index contributed by atoms with van der Waals surface area (Å²) < 4.78 is 16.2. The Morgan fingerprint density at radius 3 is 2.08 bits per heavy atom. The highest BCUT2D eigenvalue weighted by atomic mass is 16.6. The van der Waals surface area contributed by atoms with Gasteiger partial charge in [-0.3, -0.25) is 0 Å². The van der Waals surface area contributed by atoms with Crippen LogP contribution in [0.15, 0.2) is 48.5 Å². The number of ether oxygens (including phenoxy) is 3. The lowest BCUT2D eigenvalue weighted by molar-refractivity contribution is -0.147. The van der Waals surface area contributed by atoms with E-state index >= 15 is 0 Å². The minimum absolute atomic E-state index is 0.108. The predicted octanol–water partition coefficient (Wildman–Crippen LogP) is 4.51. The Kier molecular flexibility index (Phi) is 6.45. The maximum atomic E-state index is 11.9. The van der Waals surface area contributed by atoms with Crippen LogP contribution in [0.2, 0.25) is 0 Å². The number of benzene rings is 2. The van der Waals surface area contributed by atoms with Gasteiger partial charge in [0.1, 0.15) is 6.61 Å². The molecule has 0 fully saturated rings. The lowest BCUT2D eigenvalue weighted by atomic mass is 9.87. The first-order valence-corrected chi connectivity index (χ1v) is 8.50. The Bertz CT molecular complexity index is 684. The van der Waals surface area contributed by atoms with Gasteiger partial charge in [-0.1, -0.05) is 57.2 Å². The molecular formula is C21H26O4. The Hall–Kier alpha value is -2.49. The second kappa shape index (κ2) is 8.56. The summed E-state index contributed by atoms with van der Waals surface area (Å²) >= 11 is 0. The maximum absolute atomic E-state index is 11.9. The molecule has 0 spiro atoms. The first-order chi connectivity index (χ1) is 11.9. The van der Waals surface area contributed by atoms with E-state index in [4.69, 9.17) is 14.2 Å². The standard InChI is InChI=1S/C21H26O4/c1-5-23-18-8-6-7-9-19(18)24-15-20(22)25-14-16-10-12-17(13-11-16)21(2,3)4/h6-13H,5,14-15H2,1-4H3. The molecule has 0 amide bonds. The minimum atomic E-state index is -0.411. The zero-order valence-corrected chi connectivity index (χ0v) is 15.4. The molecule has 0 bridgehead atoms. The molecule has 0 heterocycles. The maximum Gasteiger partial charge on any atom is 0.344 e. The summed E-state index contributed by atoms with van der Waals surface area (Å²) in [6.07, 6.45) is 0. The SMILES string of the molecule is CCOc1ccccc1OCC(=O)OCc1ccc(C(C)(C)C)cc1. The van der Waals surface area contributed by atoms with Crippen molar-refractivity contribution in [1.82, 2.24) is 0 Å². The highest BCUT2D eigenvalue weighted by Gasteiger charge is 2.13. The molecule has 4 heteroatoms. The summed E-state index contributed by atoms with van der Waals surface area (Å²) in [4.78, 5) is 11.9. The predicted molar refractivity (Wildman–Crippen MR) is 98.0 cm³/mol. The van der Waals surface area contributed by atoms with E-state index in [0.29, 0.717) is 18.1 Å². The van der Waals surface area contributed by atoms with Crippen molar-refractivity contribution in [2.24, 2.45) is 0 Å². The molecule has 0 unspecified atom stereocenters. The first-order valence-electron chi connectivity index (χ1n) is 8.50. The highest BCUT2D eigenvalue weighted by Crippen LogP contribution is 2.26. The summed E-state index contributed by atoms with van der Waals surface area (Å²) in [7, 11) is 0. The number of esters is 1. The quantitative estimate of drug-likeness (QED) is 0.695. The van der Waals surface area contributed by atoms with Gasteiger partial charge in [-0.25, -0.2) is 4.79 Å². The van der Waals surface area contributed by atoms with Gasteiger partial charge in [0.05, 0.1) is 6.61 Å². The molecule has 2 aromatic carbocycles. The fourth-order valence-electron chi connectivity index (χ4n) is 2.29. The van der Waals surface area contributed by atoms with Crippen molar-refractivity contribution >= 4 is 5.97 Å². The van der Waals surface area contributed by atoms with Gasteiger partial charge in [-0.15, -0.1) is 0 Å². The molecule has 0 saturated heterocycles. The molecule has 0 radical (unpaired) electrons. The third-order valence-corrected chi connectivity index (χ3v) is 3.71. The van der Waals surface area contributed by atoms with Gasteiger partial charge in [-0.05, 0) is 35.6 Å². The second-order valence-electron chi connectivity index (χ2n) is 6.78. The van der Waals surface area contributed by atoms with E-state index in [9.17, 15) is 4.79 Å². The van der Waals surface area contributed by atoms with Crippen molar-refractivity contribution < 1.29 is 19.0 Å². The summed E-state index contributed by atoms with van der Waals surface area (Å²) in [5, 5.41) is 0. The minimum Gasteiger partial charge on any atom is -0.490 e. The number of carbonyl (C=O) groups is 1. The molecule has 0 aromatic heterocycles. The van der Waals surface area contributed by atoms with Crippen LogP contribution in [0.3, 0.4) is 0 Å². The molecule has 0 saturated carbocycles. The van der Waals surface area contributed by atoms with E-state index in [1.54, 1.807) is 12.1 Å². The molecule has 0 atom stereocenters. The fraction of sp³-hybridized carbons (Fsp3) is 0.381. The van der Waals surface area contributed by atoms with Crippen LogP contribution in [0.5, 0.6) is 11.5 Å². The molecule has 2 rings (SSSR count). The van der Waals surface area contributed by atoms with Crippen LogP contribution >= 0.6 is 0 Å². The van der Waals surface area contributed by atoms with Crippen LogP contribution in [0, 0.1) is 0 Å². The van der Waals surface area contributed by atoms with Gasteiger partial charge >= 0.3 is 5.97 Å². The van der Waals surface area contributed by atoms with Crippen molar-refractivity contribution in [2.45, 2.75) is 39.7 Å². The highest BCUT2D eigenvalue weighted by molar-refractivity contribution is 5.71. The molecule has 4 nitrogen and oxygen atoms in total. The van der Waals surface area contributed by atoms with Crippen LogP contribution in [0.1, 0.15) is 38.8 Å². The molecule has 134 valence electrons. The van der Waals surface area contributed by atoms with E-state index in [1.165, 1.54) is 5.56 Å². The fourth-order valence-corrected chi connectivity index (χ4v) is 2.29. The summed E-state index contributed by atoms with van der Waals surface area (Å²) in [5.41, 5.74) is 2.31. The van der Waals surface area contributed by atoms with Crippen LogP contribution < -0.4 is 9.47 Å². The number of rotatable bonds is 7. The molecule has 0 aliphatic rings. The van der Waals surface area contributed by atoms with Crippen LogP contribution in [0.4, 0.5) is 0 Å².